The maximum absolute atomic E-state index is 12.4. The largest absolute Gasteiger partial charge is 0.480 e. The molecule has 7 nitrogen and oxygen atoms in total. The van der Waals surface area contributed by atoms with Crippen molar-refractivity contribution in [2.45, 2.75) is 6.92 Å². The number of amides is 1. The van der Waals surface area contributed by atoms with Gasteiger partial charge in [-0.25, -0.2) is 0 Å². The van der Waals surface area contributed by atoms with E-state index in [4.69, 9.17) is 9.47 Å². The first-order chi connectivity index (χ1) is 10.1. The molecule has 2 aliphatic heterocycles. The van der Waals surface area contributed by atoms with E-state index < -0.39 is 0 Å². The summed E-state index contributed by atoms with van der Waals surface area (Å²) in [6.45, 7) is 6.00. The van der Waals surface area contributed by atoms with Gasteiger partial charge >= 0.3 is 0 Å². The second-order valence-corrected chi connectivity index (χ2v) is 5.77. The van der Waals surface area contributed by atoms with E-state index >= 15 is 0 Å². The van der Waals surface area contributed by atoms with Crippen molar-refractivity contribution in [2.75, 3.05) is 51.4 Å². The zero-order valence-electron chi connectivity index (χ0n) is 12.4. The molecule has 3 heterocycles. The van der Waals surface area contributed by atoms with Gasteiger partial charge in [-0.2, -0.15) is 0 Å². The number of ether oxygens (including phenoxy) is 2. The van der Waals surface area contributed by atoms with Gasteiger partial charge in [0.2, 0.25) is 11.8 Å². The molecule has 21 heavy (non-hydrogen) atoms. The molecule has 0 radical (unpaired) electrons. The summed E-state index contributed by atoms with van der Waals surface area (Å²) in [5.41, 5.74) is -0.317. The second kappa shape index (κ2) is 5.48. The Labute approximate surface area is 123 Å². The number of nitrogens with zero attached hydrogens (tertiary/aromatic N) is 4. The first-order valence-electron chi connectivity index (χ1n) is 7.12. The number of aromatic nitrogens is 2. The van der Waals surface area contributed by atoms with E-state index in [0.717, 1.165) is 18.9 Å². The van der Waals surface area contributed by atoms with Crippen molar-refractivity contribution in [3.8, 4) is 5.88 Å². The molecule has 0 unspecified atom stereocenters. The molecule has 0 bridgehead atoms. The molecule has 0 aliphatic carbocycles. The number of hydrogen-bond acceptors (Lipinski definition) is 6. The predicted molar refractivity (Wildman–Crippen MR) is 76.3 cm³/mol. The lowest BCUT2D eigenvalue weighted by atomic mass is 9.86. The molecule has 1 aromatic heterocycles. The minimum Gasteiger partial charge on any atom is -0.480 e. The summed E-state index contributed by atoms with van der Waals surface area (Å²) in [4.78, 5) is 16.5. The monoisotopic (exact) mass is 292 g/mol. The summed E-state index contributed by atoms with van der Waals surface area (Å²) in [6.07, 6.45) is 0. The predicted octanol–water partition coefficient (Wildman–Crippen LogP) is 0.170. The number of hydrogen-bond donors (Lipinski definition) is 0. The highest BCUT2D eigenvalue weighted by Crippen LogP contribution is 2.29. The van der Waals surface area contributed by atoms with Crippen LogP contribution in [0.1, 0.15) is 6.92 Å². The van der Waals surface area contributed by atoms with Crippen LogP contribution in [-0.2, 0) is 9.53 Å². The first kappa shape index (κ1) is 14.1. The molecule has 0 atom stereocenters. The van der Waals surface area contributed by atoms with Gasteiger partial charge in [0, 0.05) is 32.2 Å². The Balaban J connectivity index is 1.58. The third-order valence-corrected chi connectivity index (χ3v) is 4.08. The van der Waals surface area contributed by atoms with Gasteiger partial charge in [0.25, 0.3) is 0 Å². The number of rotatable bonds is 3. The van der Waals surface area contributed by atoms with Gasteiger partial charge in [-0.3, -0.25) is 4.79 Å². The van der Waals surface area contributed by atoms with Crippen LogP contribution < -0.4 is 9.64 Å². The van der Waals surface area contributed by atoms with Gasteiger partial charge in [0.1, 0.15) is 0 Å². The van der Waals surface area contributed by atoms with E-state index in [2.05, 4.69) is 15.1 Å². The molecule has 0 aromatic carbocycles. The van der Waals surface area contributed by atoms with Crippen LogP contribution in [0.15, 0.2) is 12.1 Å². The van der Waals surface area contributed by atoms with Crippen molar-refractivity contribution in [1.29, 1.82) is 0 Å². The molecule has 3 rings (SSSR count). The van der Waals surface area contributed by atoms with Crippen molar-refractivity contribution in [1.82, 2.24) is 15.1 Å². The molecule has 0 saturated carbocycles. The van der Waals surface area contributed by atoms with Crippen LogP contribution in [0.25, 0.3) is 0 Å². The third kappa shape index (κ3) is 2.65. The van der Waals surface area contributed by atoms with Crippen LogP contribution in [0.4, 0.5) is 5.82 Å². The van der Waals surface area contributed by atoms with Crippen molar-refractivity contribution in [3.63, 3.8) is 0 Å². The average molecular weight is 292 g/mol. The summed E-state index contributed by atoms with van der Waals surface area (Å²) in [6, 6.07) is 3.69. The highest BCUT2D eigenvalue weighted by Gasteiger charge is 2.44. The highest BCUT2D eigenvalue weighted by atomic mass is 16.5. The number of anilines is 1. The van der Waals surface area contributed by atoms with E-state index in [1.54, 1.807) is 13.2 Å². The minimum atomic E-state index is -0.317. The normalized spacial score (nSPS) is 20.9. The fourth-order valence-electron chi connectivity index (χ4n) is 2.64. The summed E-state index contributed by atoms with van der Waals surface area (Å²) < 4.78 is 10.2. The Kier molecular flexibility index (Phi) is 3.67. The quantitative estimate of drug-likeness (QED) is 0.791. The minimum absolute atomic E-state index is 0.203. The number of carbonyl (C=O) groups excluding carboxylic acids is 1. The molecule has 0 N–H and O–H groups in total. The van der Waals surface area contributed by atoms with Crippen LogP contribution in [0.2, 0.25) is 0 Å². The van der Waals surface area contributed by atoms with Crippen LogP contribution in [0.5, 0.6) is 5.88 Å². The fraction of sp³-hybridized carbons (Fsp3) is 0.643. The lowest BCUT2D eigenvalue weighted by Crippen LogP contribution is -2.58. The van der Waals surface area contributed by atoms with Crippen molar-refractivity contribution >= 4 is 11.7 Å². The van der Waals surface area contributed by atoms with Crippen molar-refractivity contribution in [3.05, 3.63) is 12.1 Å². The number of piperazine rings is 1. The molecule has 2 saturated heterocycles. The Hall–Kier alpha value is -1.89. The summed E-state index contributed by atoms with van der Waals surface area (Å²) >= 11 is 0. The SMILES string of the molecule is COc1ccc(N2CCN(C(=O)C3(C)COC3)CC2)nn1. The summed E-state index contributed by atoms with van der Waals surface area (Å²) in [5, 5.41) is 8.12. The first-order valence-corrected chi connectivity index (χ1v) is 7.12. The maximum Gasteiger partial charge on any atom is 0.233 e. The van der Waals surface area contributed by atoms with Crippen LogP contribution in [0.3, 0.4) is 0 Å². The molecule has 2 aliphatic rings. The van der Waals surface area contributed by atoms with Crippen LogP contribution >= 0.6 is 0 Å². The van der Waals surface area contributed by atoms with E-state index in [1.807, 2.05) is 17.9 Å². The zero-order chi connectivity index (χ0) is 14.9. The van der Waals surface area contributed by atoms with Crippen LogP contribution in [0, 0.1) is 5.41 Å². The lowest BCUT2D eigenvalue weighted by Gasteiger charge is -2.43. The van der Waals surface area contributed by atoms with Gasteiger partial charge in [-0.15, -0.1) is 10.2 Å². The zero-order valence-corrected chi connectivity index (χ0v) is 12.4. The van der Waals surface area contributed by atoms with Gasteiger partial charge in [-0.05, 0) is 13.0 Å². The van der Waals surface area contributed by atoms with E-state index in [0.29, 0.717) is 32.2 Å². The van der Waals surface area contributed by atoms with Gasteiger partial charge < -0.3 is 19.3 Å². The maximum atomic E-state index is 12.4. The molecule has 0 spiro atoms. The third-order valence-electron chi connectivity index (χ3n) is 4.08. The van der Waals surface area contributed by atoms with Gasteiger partial charge in [0.15, 0.2) is 5.82 Å². The Morgan fingerprint density at radius 2 is 1.95 bits per heavy atom. The highest BCUT2D eigenvalue weighted by molar-refractivity contribution is 5.83. The number of carbonyl (C=O) groups is 1. The van der Waals surface area contributed by atoms with Crippen molar-refractivity contribution < 1.29 is 14.3 Å². The van der Waals surface area contributed by atoms with E-state index in [-0.39, 0.29) is 11.3 Å². The Morgan fingerprint density at radius 3 is 2.43 bits per heavy atom. The molecule has 114 valence electrons. The number of methoxy groups -OCH3 is 1. The van der Waals surface area contributed by atoms with E-state index in [9.17, 15) is 4.79 Å². The molecule has 1 amide bonds. The molecular weight excluding hydrogens is 272 g/mol. The average Bonchev–Trinajstić information content (AvgIpc) is 2.52. The smallest absolute Gasteiger partial charge is 0.233 e. The summed E-state index contributed by atoms with van der Waals surface area (Å²) in [5.74, 6) is 1.53. The fourth-order valence-corrected chi connectivity index (χ4v) is 2.64. The molecule has 2 fully saturated rings. The lowest BCUT2D eigenvalue weighted by molar-refractivity contribution is -0.169. The van der Waals surface area contributed by atoms with Crippen molar-refractivity contribution in [2.24, 2.45) is 5.41 Å². The summed E-state index contributed by atoms with van der Waals surface area (Å²) in [7, 11) is 1.57. The van der Waals surface area contributed by atoms with Crippen LogP contribution in [-0.4, -0.2) is 67.5 Å². The van der Waals surface area contributed by atoms with Gasteiger partial charge in [0.05, 0.1) is 25.7 Å². The Bertz CT molecular complexity index is 507. The molecule has 7 heteroatoms. The van der Waals surface area contributed by atoms with E-state index in [1.165, 1.54) is 0 Å². The molecule has 1 aromatic rings. The topological polar surface area (TPSA) is 67.8 Å². The standard InChI is InChI=1S/C14H20N4O3/c1-14(9-21-10-14)13(19)18-7-5-17(6-8-18)11-3-4-12(20-2)16-15-11/h3-4H,5-10H2,1-2H3. The van der Waals surface area contributed by atoms with Gasteiger partial charge in [-0.1, -0.05) is 0 Å². The Morgan fingerprint density at radius 1 is 1.24 bits per heavy atom. The second-order valence-electron chi connectivity index (χ2n) is 5.77. The molecular formula is C14H20N4O3.